The lowest BCUT2D eigenvalue weighted by molar-refractivity contribution is -0.149. The maximum Gasteiger partial charge on any atom is 0.307 e. The van der Waals surface area contributed by atoms with Crippen LogP contribution >= 0.6 is 0 Å². The average Bonchev–Trinajstić information content (AvgIpc) is 3.30. The molecule has 27 heavy (non-hydrogen) atoms. The van der Waals surface area contributed by atoms with Crippen molar-refractivity contribution in [2.75, 3.05) is 0 Å². The Labute approximate surface area is 155 Å². The van der Waals surface area contributed by atoms with Crippen LogP contribution < -0.4 is 0 Å². The number of hydrogen-bond donors (Lipinski definition) is 0. The second-order valence-electron chi connectivity index (χ2n) is 6.03. The Morgan fingerprint density at radius 3 is 2.89 bits per heavy atom. The number of aryl methyl sites for hydroxylation is 2. The van der Waals surface area contributed by atoms with Crippen LogP contribution in [0.5, 0.6) is 0 Å². The highest BCUT2D eigenvalue weighted by Crippen LogP contribution is 2.24. The molecule has 0 aliphatic rings. The molecule has 0 spiro atoms. The van der Waals surface area contributed by atoms with E-state index < -0.39 is 17.9 Å². The third-order valence-electron chi connectivity index (χ3n) is 3.85. The molecule has 8 heteroatoms. The molecule has 0 aliphatic carbocycles. The van der Waals surface area contributed by atoms with Gasteiger partial charge in [-0.25, -0.2) is 9.37 Å². The van der Waals surface area contributed by atoms with Crippen molar-refractivity contribution in [3.63, 3.8) is 0 Å². The van der Waals surface area contributed by atoms with Crippen molar-refractivity contribution in [2.24, 2.45) is 0 Å². The molecule has 1 unspecified atom stereocenters. The van der Waals surface area contributed by atoms with Crippen LogP contribution in [0.4, 0.5) is 4.39 Å². The van der Waals surface area contributed by atoms with Gasteiger partial charge in [-0.2, -0.15) is 4.98 Å². The number of nitrogens with zero attached hydrogens (tertiary/aromatic N) is 3. The van der Waals surface area contributed by atoms with Crippen molar-refractivity contribution < 1.29 is 22.9 Å². The minimum atomic E-state index is -0.630. The lowest BCUT2D eigenvalue weighted by Crippen LogP contribution is -2.10. The molecule has 0 radical (unpaired) electrons. The van der Waals surface area contributed by atoms with Gasteiger partial charge in [-0.15, -0.1) is 0 Å². The Kier molecular flexibility index (Phi) is 5.95. The third kappa shape index (κ3) is 4.78. The van der Waals surface area contributed by atoms with Gasteiger partial charge in [0.1, 0.15) is 5.82 Å². The number of benzene rings is 1. The summed E-state index contributed by atoms with van der Waals surface area (Å²) in [7, 11) is 0. The van der Waals surface area contributed by atoms with E-state index in [2.05, 4.69) is 15.1 Å². The van der Waals surface area contributed by atoms with E-state index in [4.69, 9.17) is 13.7 Å². The highest BCUT2D eigenvalue weighted by atomic mass is 19.1. The van der Waals surface area contributed by atoms with Crippen LogP contribution in [0.25, 0.3) is 11.3 Å². The Morgan fingerprint density at radius 2 is 2.11 bits per heavy atom. The number of halogens is 1. The van der Waals surface area contributed by atoms with Crippen LogP contribution in [0.1, 0.15) is 50.4 Å². The lowest BCUT2D eigenvalue weighted by atomic mass is 10.2. The molecule has 3 rings (SSSR count). The summed E-state index contributed by atoms with van der Waals surface area (Å²) in [5.74, 6) is 0.680. The molecule has 0 saturated carbocycles. The van der Waals surface area contributed by atoms with E-state index in [9.17, 15) is 9.18 Å². The van der Waals surface area contributed by atoms with Crippen LogP contribution in [0.3, 0.4) is 0 Å². The van der Waals surface area contributed by atoms with Gasteiger partial charge in [-0.3, -0.25) is 4.79 Å². The standard InChI is InChI=1S/C19H20FN3O4/c1-3-6-16-22-19(27-23-16)12(2)25-18(24)10-9-17-21-11-15(26-17)13-7-4-5-8-14(13)20/h4-5,7-8,11-12H,3,6,9-10H2,1-2H3. The Bertz CT molecular complexity index is 906. The van der Waals surface area contributed by atoms with Crippen LogP contribution in [0.2, 0.25) is 0 Å². The number of ether oxygens (including phenoxy) is 1. The Balaban J connectivity index is 1.52. The van der Waals surface area contributed by atoms with Crippen molar-refractivity contribution in [2.45, 2.75) is 45.6 Å². The fourth-order valence-electron chi connectivity index (χ4n) is 2.48. The fraction of sp³-hybridized carbons (Fsp3) is 0.368. The second-order valence-corrected chi connectivity index (χ2v) is 6.03. The molecule has 0 bridgehead atoms. The minimum absolute atomic E-state index is 0.0670. The number of oxazole rings is 1. The summed E-state index contributed by atoms with van der Waals surface area (Å²) in [4.78, 5) is 20.3. The van der Waals surface area contributed by atoms with Crippen molar-refractivity contribution in [1.82, 2.24) is 15.1 Å². The van der Waals surface area contributed by atoms with Gasteiger partial charge < -0.3 is 13.7 Å². The average molecular weight is 373 g/mol. The molecule has 3 aromatic rings. The van der Waals surface area contributed by atoms with Gasteiger partial charge in [0.05, 0.1) is 18.2 Å². The van der Waals surface area contributed by atoms with E-state index >= 15 is 0 Å². The summed E-state index contributed by atoms with van der Waals surface area (Å²) < 4.78 is 29.7. The van der Waals surface area contributed by atoms with Gasteiger partial charge in [0, 0.05) is 12.8 Å². The number of aromatic nitrogens is 3. The van der Waals surface area contributed by atoms with Crippen LogP contribution in [0.15, 0.2) is 39.4 Å². The number of rotatable bonds is 8. The van der Waals surface area contributed by atoms with Crippen molar-refractivity contribution in [3.05, 3.63) is 53.9 Å². The Hall–Kier alpha value is -3.03. The van der Waals surface area contributed by atoms with Gasteiger partial charge in [0.15, 0.2) is 23.6 Å². The molecule has 2 aromatic heterocycles. The predicted molar refractivity (Wildman–Crippen MR) is 93.0 cm³/mol. The summed E-state index contributed by atoms with van der Waals surface area (Å²) in [6.45, 7) is 3.68. The largest absolute Gasteiger partial charge is 0.453 e. The normalized spacial score (nSPS) is 12.1. The van der Waals surface area contributed by atoms with Gasteiger partial charge >= 0.3 is 5.97 Å². The summed E-state index contributed by atoms with van der Waals surface area (Å²) >= 11 is 0. The zero-order chi connectivity index (χ0) is 19.2. The minimum Gasteiger partial charge on any atom is -0.453 e. The summed E-state index contributed by atoms with van der Waals surface area (Å²) in [5, 5.41) is 3.83. The molecule has 0 N–H and O–H groups in total. The molecule has 0 aliphatic heterocycles. The zero-order valence-corrected chi connectivity index (χ0v) is 15.1. The van der Waals surface area contributed by atoms with E-state index in [0.29, 0.717) is 29.5 Å². The molecule has 1 aromatic carbocycles. The first-order valence-corrected chi connectivity index (χ1v) is 8.78. The van der Waals surface area contributed by atoms with E-state index in [1.807, 2.05) is 6.92 Å². The molecular weight excluding hydrogens is 353 g/mol. The molecule has 0 amide bonds. The van der Waals surface area contributed by atoms with Gasteiger partial charge in [0.25, 0.3) is 5.89 Å². The quantitative estimate of drug-likeness (QED) is 0.550. The summed E-state index contributed by atoms with van der Waals surface area (Å²) in [5.41, 5.74) is 0.326. The topological polar surface area (TPSA) is 91.2 Å². The zero-order valence-electron chi connectivity index (χ0n) is 15.1. The van der Waals surface area contributed by atoms with Crippen LogP contribution in [0, 0.1) is 5.82 Å². The predicted octanol–water partition coefficient (Wildman–Crippen LogP) is 4.05. The maximum absolute atomic E-state index is 13.8. The van der Waals surface area contributed by atoms with Crippen LogP contribution in [-0.2, 0) is 22.4 Å². The number of carbonyl (C=O) groups is 1. The third-order valence-corrected chi connectivity index (χ3v) is 3.85. The smallest absolute Gasteiger partial charge is 0.307 e. The number of hydrogen-bond acceptors (Lipinski definition) is 7. The Morgan fingerprint density at radius 1 is 1.30 bits per heavy atom. The van der Waals surface area contributed by atoms with E-state index in [-0.39, 0.29) is 18.7 Å². The van der Waals surface area contributed by atoms with Crippen molar-refractivity contribution in [1.29, 1.82) is 0 Å². The fourth-order valence-corrected chi connectivity index (χ4v) is 2.48. The van der Waals surface area contributed by atoms with Crippen molar-refractivity contribution in [3.8, 4) is 11.3 Å². The van der Waals surface area contributed by atoms with Gasteiger partial charge in [-0.05, 0) is 25.5 Å². The van der Waals surface area contributed by atoms with Crippen molar-refractivity contribution >= 4 is 5.97 Å². The molecular formula is C19H20FN3O4. The van der Waals surface area contributed by atoms with Crippen LogP contribution in [-0.4, -0.2) is 21.1 Å². The van der Waals surface area contributed by atoms with E-state index in [0.717, 1.165) is 6.42 Å². The highest BCUT2D eigenvalue weighted by molar-refractivity contribution is 5.69. The molecule has 142 valence electrons. The first-order valence-electron chi connectivity index (χ1n) is 8.78. The molecule has 2 heterocycles. The molecule has 0 saturated heterocycles. The SMILES string of the molecule is CCCc1noc(C(C)OC(=O)CCc2ncc(-c3ccccc3F)o2)n1. The summed E-state index contributed by atoms with van der Waals surface area (Å²) in [6.07, 6.45) is 2.73. The summed E-state index contributed by atoms with van der Waals surface area (Å²) in [6, 6.07) is 6.26. The first-order chi connectivity index (χ1) is 13.1. The van der Waals surface area contributed by atoms with Gasteiger partial charge in [-0.1, -0.05) is 24.2 Å². The molecule has 1 atom stereocenters. The molecule has 7 nitrogen and oxygen atoms in total. The lowest BCUT2D eigenvalue weighted by Gasteiger charge is -2.08. The van der Waals surface area contributed by atoms with E-state index in [1.54, 1.807) is 25.1 Å². The van der Waals surface area contributed by atoms with E-state index in [1.165, 1.54) is 12.3 Å². The first kappa shape index (κ1) is 18.8. The number of carbonyl (C=O) groups excluding carboxylic acids is 1. The second kappa shape index (κ2) is 8.57. The maximum atomic E-state index is 13.8. The monoisotopic (exact) mass is 373 g/mol. The highest BCUT2D eigenvalue weighted by Gasteiger charge is 2.19. The number of esters is 1. The molecule has 0 fully saturated rings. The van der Waals surface area contributed by atoms with Gasteiger partial charge in [0.2, 0.25) is 0 Å².